The van der Waals surface area contributed by atoms with Crippen molar-refractivity contribution in [2.24, 2.45) is 0 Å². The third-order valence-electron chi connectivity index (χ3n) is 3.53. The first kappa shape index (κ1) is 25.1. The molecule has 0 bridgehead atoms. The predicted molar refractivity (Wildman–Crippen MR) is 102 cm³/mol. The lowest BCUT2D eigenvalue weighted by molar-refractivity contribution is -0.153. The molecule has 0 aliphatic carbocycles. The quantitative estimate of drug-likeness (QED) is 0.447. The average Bonchev–Trinajstić information content (AvgIpc) is 2.60. The van der Waals surface area contributed by atoms with Gasteiger partial charge in [0.05, 0.1) is 12.5 Å². The molecular formula is C17H20ClF4N3O3S. The van der Waals surface area contributed by atoms with Gasteiger partial charge in [-0.3, -0.25) is 0 Å². The zero-order chi connectivity index (χ0) is 20.8. The number of rotatable bonds is 9. The van der Waals surface area contributed by atoms with Gasteiger partial charge < -0.3 is 10.1 Å². The largest absolute Gasteiger partial charge is 0.476 e. The number of halogens is 5. The summed E-state index contributed by atoms with van der Waals surface area (Å²) >= 11 is 0. The van der Waals surface area contributed by atoms with Crippen LogP contribution >= 0.6 is 12.4 Å². The van der Waals surface area contributed by atoms with Crippen LogP contribution in [0.25, 0.3) is 0 Å². The van der Waals surface area contributed by atoms with Gasteiger partial charge in [-0.25, -0.2) is 17.8 Å². The van der Waals surface area contributed by atoms with Crippen molar-refractivity contribution in [2.75, 3.05) is 19.4 Å². The Kier molecular flexibility index (Phi) is 9.27. The van der Waals surface area contributed by atoms with Crippen LogP contribution in [0, 0.1) is 5.82 Å². The summed E-state index contributed by atoms with van der Waals surface area (Å²) in [7, 11) is -4.03. The SMILES string of the molecule is CS(=O)(=O)N[C@@H](c1ccc(CNCCOc2ccc(F)cn2)cc1)C(F)(F)F.Cl. The van der Waals surface area contributed by atoms with Crippen molar-refractivity contribution in [3.05, 3.63) is 59.5 Å². The summed E-state index contributed by atoms with van der Waals surface area (Å²) in [6.45, 7) is 1.07. The Morgan fingerprint density at radius 1 is 1.14 bits per heavy atom. The van der Waals surface area contributed by atoms with Crippen molar-refractivity contribution in [3.63, 3.8) is 0 Å². The summed E-state index contributed by atoms with van der Waals surface area (Å²) in [6.07, 6.45) is -3.04. The van der Waals surface area contributed by atoms with Crippen molar-refractivity contribution in [1.82, 2.24) is 15.0 Å². The van der Waals surface area contributed by atoms with E-state index in [-0.39, 0.29) is 30.5 Å². The van der Waals surface area contributed by atoms with E-state index in [9.17, 15) is 26.0 Å². The molecule has 162 valence electrons. The molecule has 2 N–H and O–H groups in total. The molecule has 12 heteroatoms. The first-order chi connectivity index (χ1) is 13.0. The highest BCUT2D eigenvalue weighted by Gasteiger charge is 2.42. The highest BCUT2D eigenvalue weighted by atomic mass is 35.5. The topological polar surface area (TPSA) is 80.3 Å². The zero-order valence-electron chi connectivity index (χ0n) is 15.2. The lowest BCUT2D eigenvalue weighted by Crippen LogP contribution is -2.37. The van der Waals surface area contributed by atoms with E-state index in [4.69, 9.17) is 4.74 Å². The molecule has 0 unspecified atom stereocenters. The Labute approximate surface area is 172 Å². The van der Waals surface area contributed by atoms with E-state index in [1.54, 1.807) is 4.72 Å². The molecule has 6 nitrogen and oxygen atoms in total. The monoisotopic (exact) mass is 457 g/mol. The van der Waals surface area contributed by atoms with Crippen LogP contribution in [-0.2, 0) is 16.6 Å². The first-order valence-corrected chi connectivity index (χ1v) is 10.0. The Morgan fingerprint density at radius 2 is 1.79 bits per heavy atom. The van der Waals surface area contributed by atoms with Gasteiger partial charge in [-0.1, -0.05) is 24.3 Å². The molecule has 1 aromatic carbocycles. The molecule has 0 fully saturated rings. The van der Waals surface area contributed by atoms with Crippen LogP contribution < -0.4 is 14.8 Å². The fraction of sp³-hybridized carbons (Fsp3) is 0.353. The molecule has 0 aliphatic heterocycles. The Bertz CT molecular complexity index is 863. The van der Waals surface area contributed by atoms with Crippen molar-refractivity contribution < 1.29 is 30.7 Å². The van der Waals surface area contributed by atoms with Crippen molar-refractivity contribution in [1.29, 1.82) is 0 Å². The van der Waals surface area contributed by atoms with Crippen LogP contribution in [0.3, 0.4) is 0 Å². The lowest BCUT2D eigenvalue weighted by Gasteiger charge is -2.21. The van der Waals surface area contributed by atoms with Gasteiger partial charge in [0.15, 0.2) is 0 Å². The smallest absolute Gasteiger partial charge is 0.408 e. The molecule has 2 aromatic rings. The van der Waals surface area contributed by atoms with Gasteiger partial charge in [-0.2, -0.15) is 17.9 Å². The predicted octanol–water partition coefficient (Wildman–Crippen LogP) is 2.96. The number of benzene rings is 1. The number of aromatic nitrogens is 1. The Hall–Kier alpha value is -1.95. The molecule has 0 spiro atoms. The minimum atomic E-state index is -4.76. The molecule has 1 aromatic heterocycles. The van der Waals surface area contributed by atoms with E-state index < -0.39 is 28.1 Å². The summed E-state index contributed by atoms with van der Waals surface area (Å²) in [4.78, 5) is 3.74. The summed E-state index contributed by atoms with van der Waals surface area (Å²) in [5.41, 5.74) is 0.510. The zero-order valence-corrected chi connectivity index (χ0v) is 16.9. The van der Waals surface area contributed by atoms with Crippen LogP contribution in [0.15, 0.2) is 42.6 Å². The summed E-state index contributed by atoms with van der Waals surface area (Å²) in [5.74, 6) is -0.183. The minimum absolute atomic E-state index is 0. The average molecular weight is 458 g/mol. The lowest BCUT2D eigenvalue weighted by atomic mass is 10.1. The number of hydrogen-bond donors (Lipinski definition) is 2. The normalized spacial score (nSPS) is 12.9. The molecule has 1 atom stereocenters. The number of hydrogen-bond acceptors (Lipinski definition) is 5. The number of nitrogens with one attached hydrogen (secondary N) is 2. The van der Waals surface area contributed by atoms with E-state index in [0.717, 1.165) is 6.20 Å². The number of alkyl halides is 3. The second-order valence-electron chi connectivity index (χ2n) is 5.95. The van der Waals surface area contributed by atoms with Crippen molar-refractivity contribution >= 4 is 22.4 Å². The van der Waals surface area contributed by atoms with Gasteiger partial charge in [-0.15, -0.1) is 12.4 Å². The van der Waals surface area contributed by atoms with E-state index in [1.165, 1.54) is 36.4 Å². The summed E-state index contributed by atoms with van der Waals surface area (Å²) in [6, 6.07) is 5.74. The van der Waals surface area contributed by atoms with Crippen LogP contribution in [0.2, 0.25) is 0 Å². The van der Waals surface area contributed by atoms with Crippen molar-refractivity contribution in [3.8, 4) is 5.88 Å². The second kappa shape index (κ2) is 10.7. The maximum atomic E-state index is 13.1. The van der Waals surface area contributed by atoms with Gasteiger partial charge in [0.25, 0.3) is 0 Å². The molecule has 0 aliphatic rings. The molecule has 2 rings (SSSR count). The van der Waals surface area contributed by atoms with E-state index in [1.807, 2.05) is 0 Å². The molecule has 0 amide bonds. The molecule has 0 saturated heterocycles. The van der Waals surface area contributed by atoms with E-state index in [2.05, 4.69) is 10.3 Å². The Morgan fingerprint density at radius 3 is 2.31 bits per heavy atom. The highest BCUT2D eigenvalue weighted by Crippen LogP contribution is 2.33. The fourth-order valence-electron chi connectivity index (χ4n) is 2.27. The van der Waals surface area contributed by atoms with Gasteiger partial charge in [-0.05, 0) is 17.2 Å². The number of pyridine rings is 1. The fourth-order valence-corrected chi connectivity index (χ4v) is 2.97. The third kappa shape index (κ3) is 8.94. The van der Waals surface area contributed by atoms with E-state index >= 15 is 0 Å². The summed E-state index contributed by atoms with van der Waals surface area (Å²) < 4.78 is 81.3. The first-order valence-electron chi connectivity index (χ1n) is 8.12. The van der Waals surface area contributed by atoms with Gasteiger partial charge in [0.1, 0.15) is 18.5 Å². The molecule has 29 heavy (non-hydrogen) atoms. The molecular weight excluding hydrogens is 438 g/mol. The maximum Gasteiger partial charge on any atom is 0.408 e. The van der Waals surface area contributed by atoms with Crippen LogP contribution in [0.5, 0.6) is 5.88 Å². The van der Waals surface area contributed by atoms with Crippen molar-refractivity contribution in [2.45, 2.75) is 18.8 Å². The van der Waals surface area contributed by atoms with Crippen LogP contribution in [-0.4, -0.2) is 39.0 Å². The number of ether oxygens (including phenoxy) is 1. The van der Waals surface area contributed by atoms with Gasteiger partial charge in [0, 0.05) is 19.2 Å². The molecule has 0 radical (unpaired) electrons. The van der Waals surface area contributed by atoms with Crippen LogP contribution in [0.1, 0.15) is 17.2 Å². The van der Waals surface area contributed by atoms with Gasteiger partial charge >= 0.3 is 6.18 Å². The highest BCUT2D eigenvalue weighted by molar-refractivity contribution is 7.88. The van der Waals surface area contributed by atoms with E-state index in [0.29, 0.717) is 24.9 Å². The third-order valence-corrected chi connectivity index (χ3v) is 4.19. The minimum Gasteiger partial charge on any atom is -0.476 e. The number of sulfonamides is 1. The molecule has 0 saturated carbocycles. The standard InChI is InChI=1S/C17H19F4N3O3S.ClH/c1-28(25,26)24-16(17(19,20)21)13-4-2-12(3-5-13)10-22-8-9-27-15-7-6-14(18)11-23-15;/h2-7,11,16,22,24H,8-10H2,1H3;1H/t16-;/m0./s1. The Balaban J connectivity index is 0.00000420. The number of nitrogens with zero attached hydrogens (tertiary/aromatic N) is 1. The second-order valence-corrected chi connectivity index (χ2v) is 7.73. The van der Waals surface area contributed by atoms with Gasteiger partial charge in [0.2, 0.25) is 15.9 Å². The maximum absolute atomic E-state index is 13.1. The molecule has 1 heterocycles. The summed E-state index contributed by atoms with van der Waals surface area (Å²) in [5, 5.41) is 3.04. The van der Waals surface area contributed by atoms with Crippen LogP contribution in [0.4, 0.5) is 17.6 Å².